The van der Waals surface area contributed by atoms with Crippen molar-refractivity contribution < 1.29 is 9.90 Å². The van der Waals surface area contributed by atoms with E-state index >= 15 is 0 Å². The average Bonchev–Trinajstić information content (AvgIpc) is 3.10. The molecule has 2 N–H and O–H groups in total. The van der Waals surface area contributed by atoms with Gasteiger partial charge >= 0.3 is 0 Å². The fraction of sp³-hybridized carbons (Fsp3) is 0.471. The largest absolute Gasteiger partial charge is 0.396 e. The second-order valence-corrected chi connectivity index (χ2v) is 5.89. The molecule has 0 aliphatic rings. The minimum Gasteiger partial charge on any atom is -0.396 e. The van der Waals surface area contributed by atoms with E-state index in [1.54, 1.807) is 17.1 Å². The van der Waals surface area contributed by atoms with Gasteiger partial charge in [0.2, 0.25) is 0 Å². The molecule has 0 radical (unpaired) electrons. The zero-order chi connectivity index (χ0) is 16.9. The number of aliphatic hydroxyl groups excluding tert-OH is 1. The third-order valence-electron chi connectivity index (χ3n) is 4.58. The van der Waals surface area contributed by atoms with Crippen molar-refractivity contribution in [2.75, 3.05) is 13.2 Å². The number of carbonyl (C=O) groups excluding carboxylic acids is 1. The molecule has 1 aromatic heterocycles. The molecule has 0 saturated heterocycles. The fourth-order valence-corrected chi connectivity index (χ4v) is 2.54. The van der Waals surface area contributed by atoms with Crippen LogP contribution < -0.4 is 5.32 Å². The standard InChI is InChI=1S/C17H24N4O2/c1-4-17(5-2,10-22)9-19-16(23)14-6-7-15(13(3)8-14)21-12-18-11-20-21/h6-8,11-12,22H,4-5,9-10H2,1-3H3,(H,19,23). The van der Waals surface area contributed by atoms with Crippen LogP contribution in [0.1, 0.15) is 42.6 Å². The molecule has 0 saturated carbocycles. The molecule has 1 amide bonds. The van der Waals surface area contributed by atoms with Gasteiger partial charge in [0.15, 0.2) is 0 Å². The van der Waals surface area contributed by atoms with Crippen molar-refractivity contribution in [3.05, 3.63) is 42.0 Å². The normalized spacial score (nSPS) is 11.5. The highest BCUT2D eigenvalue weighted by atomic mass is 16.3. The summed E-state index contributed by atoms with van der Waals surface area (Å²) in [5.74, 6) is -0.127. The van der Waals surface area contributed by atoms with E-state index in [9.17, 15) is 9.90 Å². The first kappa shape index (κ1) is 17.1. The monoisotopic (exact) mass is 316 g/mol. The number of hydrogen-bond acceptors (Lipinski definition) is 4. The molecule has 6 nitrogen and oxygen atoms in total. The van der Waals surface area contributed by atoms with E-state index in [4.69, 9.17) is 0 Å². The number of carbonyl (C=O) groups is 1. The van der Waals surface area contributed by atoms with E-state index in [0.29, 0.717) is 12.1 Å². The maximum Gasteiger partial charge on any atom is 0.251 e. The summed E-state index contributed by atoms with van der Waals surface area (Å²) in [6, 6.07) is 5.47. The van der Waals surface area contributed by atoms with Gasteiger partial charge in [-0.05, 0) is 43.5 Å². The zero-order valence-electron chi connectivity index (χ0n) is 13.9. The van der Waals surface area contributed by atoms with Crippen LogP contribution in [0.4, 0.5) is 0 Å². The Balaban J connectivity index is 2.10. The lowest BCUT2D eigenvalue weighted by Crippen LogP contribution is -2.39. The van der Waals surface area contributed by atoms with Crippen LogP contribution in [-0.2, 0) is 0 Å². The average molecular weight is 316 g/mol. The molecule has 2 rings (SSSR count). The maximum absolute atomic E-state index is 12.4. The van der Waals surface area contributed by atoms with Gasteiger partial charge < -0.3 is 10.4 Å². The summed E-state index contributed by atoms with van der Waals surface area (Å²) in [7, 11) is 0. The lowest BCUT2D eigenvalue weighted by atomic mass is 9.83. The Morgan fingerprint density at radius 2 is 2.09 bits per heavy atom. The van der Waals surface area contributed by atoms with E-state index in [2.05, 4.69) is 15.4 Å². The Morgan fingerprint density at radius 1 is 1.35 bits per heavy atom. The van der Waals surface area contributed by atoms with E-state index in [0.717, 1.165) is 24.1 Å². The highest BCUT2D eigenvalue weighted by molar-refractivity contribution is 5.94. The maximum atomic E-state index is 12.4. The molecular formula is C17H24N4O2. The smallest absolute Gasteiger partial charge is 0.251 e. The van der Waals surface area contributed by atoms with E-state index in [-0.39, 0.29) is 17.9 Å². The van der Waals surface area contributed by atoms with Gasteiger partial charge in [-0.2, -0.15) is 5.10 Å². The quantitative estimate of drug-likeness (QED) is 0.820. The summed E-state index contributed by atoms with van der Waals surface area (Å²) in [5, 5.41) is 16.6. The molecule has 2 aromatic rings. The van der Waals surface area contributed by atoms with Crippen molar-refractivity contribution in [2.24, 2.45) is 5.41 Å². The Bertz CT molecular complexity index is 640. The Hall–Kier alpha value is -2.21. The summed E-state index contributed by atoms with van der Waals surface area (Å²) < 4.78 is 1.67. The molecule has 0 bridgehead atoms. The molecule has 0 fully saturated rings. The summed E-state index contributed by atoms with van der Waals surface area (Å²) in [6.07, 6.45) is 4.75. The van der Waals surface area contributed by atoms with Crippen LogP contribution in [0, 0.1) is 12.3 Å². The predicted molar refractivity (Wildman–Crippen MR) is 88.5 cm³/mol. The molecule has 6 heteroatoms. The van der Waals surface area contributed by atoms with Crippen molar-refractivity contribution in [3.63, 3.8) is 0 Å². The van der Waals surface area contributed by atoms with Gasteiger partial charge in [-0.1, -0.05) is 13.8 Å². The Labute approximate surface area is 136 Å². The van der Waals surface area contributed by atoms with Crippen LogP contribution in [0.2, 0.25) is 0 Å². The molecule has 23 heavy (non-hydrogen) atoms. The third kappa shape index (κ3) is 3.76. The summed E-state index contributed by atoms with van der Waals surface area (Å²) in [4.78, 5) is 16.3. The Morgan fingerprint density at radius 3 is 2.61 bits per heavy atom. The SMILES string of the molecule is CCC(CC)(CO)CNC(=O)c1ccc(-n2cncn2)c(C)c1. The van der Waals surface area contributed by atoms with Crippen LogP contribution in [0.15, 0.2) is 30.9 Å². The number of rotatable bonds is 7. The van der Waals surface area contributed by atoms with Crippen molar-refractivity contribution in [3.8, 4) is 5.69 Å². The summed E-state index contributed by atoms with van der Waals surface area (Å²) in [5.41, 5.74) is 2.20. The first-order chi connectivity index (χ1) is 11.0. The van der Waals surface area contributed by atoms with Crippen LogP contribution >= 0.6 is 0 Å². The van der Waals surface area contributed by atoms with Crippen molar-refractivity contribution in [2.45, 2.75) is 33.6 Å². The molecule has 1 aromatic carbocycles. The lowest BCUT2D eigenvalue weighted by Gasteiger charge is -2.29. The summed E-state index contributed by atoms with van der Waals surface area (Å²) >= 11 is 0. The number of benzene rings is 1. The second kappa shape index (κ2) is 7.37. The lowest BCUT2D eigenvalue weighted by molar-refractivity contribution is 0.0851. The Kier molecular flexibility index (Phi) is 5.50. The van der Waals surface area contributed by atoms with Crippen LogP contribution in [0.25, 0.3) is 5.69 Å². The van der Waals surface area contributed by atoms with Gasteiger partial charge in [0.1, 0.15) is 12.7 Å². The molecule has 0 aliphatic carbocycles. The number of aliphatic hydroxyl groups is 1. The zero-order valence-corrected chi connectivity index (χ0v) is 13.9. The number of nitrogens with zero attached hydrogens (tertiary/aromatic N) is 3. The van der Waals surface area contributed by atoms with Gasteiger partial charge in [0, 0.05) is 17.5 Å². The van der Waals surface area contributed by atoms with Crippen LogP contribution in [-0.4, -0.2) is 38.9 Å². The van der Waals surface area contributed by atoms with Crippen LogP contribution in [0.3, 0.4) is 0 Å². The fourth-order valence-electron chi connectivity index (χ4n) is 2.54. The van der Waals surface area contributed by atoms with E-state index < -0.39 is 0 Å². The highest BCUT2D eigenvalue weighted by Crippen LogP contribution is 2.24. The minimum absolute atomic E-state index is 0.0740. The summed E-state index contributed by atoms with van der Waals surface area (Å²) in [6.45, 7) is 6.54. The number of aryl methyl sites for hydroxylation is 1. The van der Waals surface area contributed by atoms with E-state index in [1.807, 2.05) is 32.9 Å². The number of amides is 1. The predicted octanol–water partition coefficient (Wildman–Crippen LogP) is 2.10. The first-order valence-electron chi connectivity index (χ1n) is 7.90. The van der Waals surface area contributed by atoms with Crippen molar-refractivity contribution in [1.29, 1.82) is 0 Å². The van der Waals surface area contributed by atoms with Crippen molar-refractivity contribution >= 4 is 5.91 Å². The third-order valence-corrected chi connectivity index (χ3v) is 4.58. The molecule has 0 spiro atoms. The molecule has 0 atom stereocenters. The molecule has 1 heterocycles. The number of aromatic nitrogens is 3. The molecule has 124 valence electrons. The topological polar surface area (TPSA) is 80.0 Å². The van der Waals surface area contributed by atoms with Gasteiger partial charge in [-0.25, -0.2) is 9.67 Å². The first-order valence-corrected chi connectivity index (χ1v) is 7.90. The van der Waals surface area contributed by atoms with Gasteiger partial charge in [-0.3, -0.25) is 4.79 Å². The highest BCUT2D eigenvalue weighted by Gasteiger charge is 2.26. The number of nitrogens with one attached hydrogen (secondary N) is 1. The number of hydrogen-bond donors (Lipinski definition) is 2. The molecule has 0 unspecified atom stereocenters. The van der Waals surface area contributed by atoms with Gasteiger partial charge in [-0.15, -0.1) is 0 Å². The molecular weight excluding hydrogens is 292 g/mol. The molecule has 0 aliphatic heterocycles. The van der Waals surface area contributed by atoms with Crippen molar-refractivity contribution in [1.82, 2.24) is 20.1 Å². The van der Waals surface area contributed by atoms with E-state index in [1.165, 1.54) is 6.33 Å². The van der Waals surface area contributed by atoms with Gasteiger partial charge in [0.25, 0.3) is 5.91 Å². The van der Waals surface area contributed by atoms with Gasteiger partial charge in [0.05, 0.1) is 12.3 Å². The minimum atomic E-state index is -0.245. The van der Waals surface area contributed by atoms with Crippen LogP contribution in [0.5, 0.6) is 0 Å². The second-order valence-electron chi connectivity index (χ2n) is 5.89.